The fraction of sp³-hybridized carbons (Fsp3) is 0.359. The summed E-state index contributed by atoms with van der Waals surface area (Å²) in [4.78, 5) is 57.5. The van der Waals surface area contributed by atoms with Crippen LogP contribution in [0.1, 0.15) is 73.6 Å². The van der Waals surface area contributed by atoms with Gasteiger partial charge in [0.1, 0.15) is 33.8 Å². The van der Waals surface area contributed by atoms with Gasteiger partial charge in [0.2, 0.25) is 0 Å². The van der Waals surface area contributed by atoms with Crippen LogP contribution in [-0.4, -0.2) is 115 Å². The first-order valence-electron chi connectivity index (χ1n) is 17.8. The van der Waals surface area contributed by atoms with Gasteiger partial charge in [-0.2, -0.15) is 0 Å². The number of aldehydes is 1. The number of halogens is 1. The molecule has 332 valence electrons. The second kappa shape index (κ2) is 23.0. The monoisotopic (exact) mass is 999 g/mol. The molecule has 4 heterocycles. The van der Waals surface area contributed by atoms with Crippen molar-refractivity contribution in [2.45, 2.75) is 52.6 Å². The SMILES string of the molecule is CB1OC(C)(C)C(C)(C)O1.COC(=O)c1cc(OC)c2nc(C)sc2c1.COC(=O)c1cc(OC)c2nc(C=O)sc2c1.COC(=O)c1cc(OC)c2nc(Cl)sc2c1.O=[Se]=O. The molecule has 0 spiro atoms. The van der Waals surface area contributed by atoms with Gasteiger partial charge in [-0.1, -0.05) is 11.6 Å². The first-order chi connectivity index (χ1) is 29.3. The molecule has 1 aliphatic heterocycles. The van der Waals surface area contributed by atoms with Gasteiger partial charge in [-0.25, -0.2) is 29.3 Å². The zero-order valence-electron chi connectivity index (χ0n) is 35.7. The Kier molecular flexibility index (Phi) is 19.2. The summed E-state index contributed by atoms with van der Waals surface area (Å²) in [6.07, 6.45) is 0.669. The van der Waals surface area contributed by atoms with Gasteiger partial charge in [-0.15, -0.1) is 34.0 Å². The van der Waals surface area contributed by atoms with Crippen molar-refractivity contribution in [1.82, 2.24) is 15.0 Å². The molecule has 6 aromatic rings. The Balaban J connectivity index is 0.000000218. The average Bonchev–Trinajstić information content (AvgIpc) is 4.00. The van der Waals surface area contributed by atoms with E-state index in [4.69, 9.17) is 42.8 Å². The molecule has 17 nitrogen and oxygen atoms in total. The van der Waals surface area contributed by atoms with E-state index < -0.39 is 26.8 Å². The summed E-state index contributed by atoms with van der Waals surface area (Å²) in [5.74, 6) is 0.331. The van der Waals surface area contributed by atoms with Crippen LogP contribution in [0.5, 0.6) is 17.2 Å². The Morgan fingerprint density at radius 1 is 0.645 bits per heavy atom. The molecule has 0 radical (unpaired) electrons. The molecular formula is C39H43BClN3O14S3Se. The number of carbonyl (C=O) groups excluding carboxylic acids is 4. The van der Waals surface area contributed by atoms with E-state index in [1.54, 1.807) is 43.5 Å². The third-order valence-corrected chi connectivity index (χ3v) is 11.8. The maximum absolute atomic E-state index is 11.4. The van der Waals surface area contributed by atoms with Crippen molar-refractivity contribution < 1.29 is 64.6 Å². The van der Waals surface area contributed by atoms with Crippen LogP contribution in [0.4, 0.5) is 0 Å². The maximum atomic E-state index is 11.4. The molecule has 3 aromatic carbocycles. The van der Waals surface area contributed by atoms with Crippen LogP contribution in [0, 0.1) is 6.92 Å². The van der Waals surface area contributed by atoms with Crippen LogP contribution >= 0.6 is 45.6 Å². The molecule has 0 bridgehead atoms. The number of hydrogen-bond donors (Lipinski definition) is 0. The summed E-state index contributed by atoms with van der Waals surface area (Å²) in [6.45, 7) is 12.1. The first-order valence-corrected chi connectivity index (χ1v) is 22.0. The van der Waals surface area contributed by atoms with Crippen molar-refractivity contribution in [2.75, 3.05) is 42.7 Å². The van der Waals surface area contributed by atoms with E-state index in [1.807, 2.05) is 13.7 Å². The van der Waals surface area contributed by atoms with Crippen molar-refractivity contribution in [2.24, 2.45) is 0 Å². The zero-order chi connectivity index (χ0) is 46.5. The van der Waals surface area contributed by atoms with E-state index in [1.165, 1.54) is 69.6 Å². The molecular weight excluding hydrogens is 956 g/mol. The second-order valence-corrected chi connectivity index (χ2v) is 17.5. The minimum absolute atomic E-state index is 0.0648. The number of esters is 3. The Hall–Kier alpha value is -4.80. The first kappa shape index (κ1) is 51.6. The van der Waals surface area contributed by atoms with E-state index >= 15 is 0 Å². The summed E-state index contributed by atoms with van der Waals surface area (Å²) in [6, 6.07) is 9.87. The third-order valence-electron chi connectivity index (χ3n) is 8.87. The van der Waals surface area contributed by atoms with Gasteiger partial charge in [-0.3, -0.25) is 4.79 Å². The minimum atomic E-state index is -1.62. The van der Waals surface area contributed by atoms with Crippen LogP contribution in [0.15, 0.2) is 36.4 Å². The number of aryl methyl sites for hydroxylation is 1. The zero-order valence-corrected chi connectivity index (χ0v) is 40.6. The summed E-state index contributed by atoms with van der Waals surface area (Å²) in [5.41, 5.74) is 2.98. The molecule has 1 aliphatic rings. The fourth-order valence-corrected chi connectivity index (χ4v) is 8.26. The Morgan fingerprint density at radius 2 is 1.00 bits per heavy atom. The van der Waals surface area contributed by atoms with Crippen molar-refractivity contribution >= 4 is 122 Å². The third kappa shape index (κ3) is 12.9. The fourth-order valence-electron chi connectivity index (χ4n) is 5.46. The van der Waals surface area contributed by atoms with Crippen LogP contribution in [0.3, 0.4) is 0 Å². The van der Waals surface area contributed by atoms with Crippen molar-refractivity contribution in [3.05, 3.63) is 67.6 Å². The van der Waals surface area contributed by atoms with Crippen LogP contribution < -0.4 is 14.2 Å². The second-order valence-electron chi connectivity index (χ2n) is 13.3. The molecule has 0 amide bonds. The number of aromatic nitrogens is 3. The number of benzene rings is 3. The summed E-state index contributed by atoms with van der Waals surface area (Å²) in [7, 11) is 8.49. The topological polar surface area (TPSA) is 215 Å². The number of hydrogen-bond acceptors (Lipinski definition) is 20. The normalized spacial score (nSPS) is 13.1. The standard InChI is InChI=1S/C11H9NO4S.C11H11NO3S.C10H8ClNO3S.C7H15BO2.O2Se/c1-15-7-3-6(11(14)16-2)4-8-10(7)12-9(5-13)17-8;1-6-12-10-8(14-2)4-7(11(13)15-3)5-9(10)16-6;1-14-6-3-5(9(13)15-2)4-7-8(6)12-10(11)16-7;1-6(2)7(3,4)10-8(5)9-6;1-3-2/h3-5H,1-2H3;4-5H,1-3H3;3-4H,1-2H3;1-5H3;. The van der Waals surface area contributed by atoms with Gasteiger partial charge in [0.25, 0.3) is 0 Å². The molecule has 1 fully saturated rings. The van der Waals surface area contributed by atoms with Crippen molar-refractivity contribution in [3.8, 4) is 17.2 Å². The predicted molar refractivity (Wildman–Crippen MR) is 237 cm³/mol. The number of carbonyl (C=O) groups is 4. The molecule has 7 rings (SSSR count). The number of ether oxygens (including phenoxy) is 6. The number of rotatable bonds is 7. The van der Waals surface area contributed by atoms with E-state index in [-0.39, 0.29) is 24.3 Å². The molecule has 1 saturated heterocycles. The van der Waals surface area contributed by atoms with Crippen LogP contribution in [-0.2, 0) is 31.2 Å². The molecule has 0 unspecified atom stereocenters. The van der Waals surface area contributed by atoms with Crippen LogP contribution in [0.25, 0.3) is 30.6 Å². The molecule has 0 atom stereocenters. The molecule has 0 N–H and O–H groups in total. The molecule has 0 aliphatic carbocycles. The summed E-state index contributed by atoms with van der Waals surface area (Å²) >= 11 is 8.21. The van der Waals surface area contributed by atoms with Crippen molar-refractivity contribution in [1.29, 1.82) is 0 Å². The summed E-state index contributed by atoms with van der Waals surface area (Å²) in [5, 5.41) is 1.29. The van der Waals surface area contributed by atoms with Gasteiger partial charge in [0.15, 0.2) is 15.8 Å². The predicted octanol–water partition coefficient (Wildman–Crippen LogP) is 8.14. The van der Waals surface area contributed by atoms with E-state index in [2.05, 4.69) is 56.9 Å². The van der Waals surface area contributed by atoms with Gasteiger partial charge in [0.05, 0.1) is 89.7 Å². The summed E-state index contributed by atoms with van der Waals surface area (Å²) < 4.78 is 60.3. The van der Waals surface area contributed by atoms with Crippen molar-refractivity contribution in [3.63, 3.8) is 0 Å². The van der Waals surface area contributed by atoms with Gasteiger partial charge >= 0.3 is 47.5 Å². The quantitative estimate of drug-likeness (QED) is 0.0638. The van der Waals surface area contributed by atoms with E-state index in [0.29, 0.717) is 65.4 Å². The van der Waals surface area contributed by atoms with Gasteiger partial charge < -0.3 is 37.7 Å². The molecule has 23 heteroatoms. The number of methoxy groups -OCH3 is 6. The van der Waals surface area contributed by atoms with Crippen LogP contribution in [0.2, 0.25) is 11.3 Å². The Bertz CT molecular complexity index is 2480. The van der Waals surface area contributed by atoms with E-state index in [9.17, 15) is 19.2 Å². The average molecular weight is 999 g/mol. The Morgan fingerprint density at radius 3 is 1.34 bits per heavy atom. The number of thiazole rings is 3. The number of fused-ring (bicyclic) bond motifs is 3. The number of nitrogens with zero attached hydrogens (tertiary/aromatic N) is 3. The molecule has 62 heavy (non-hydrogen) atoms. The van der Waals surface area contributed by atoms with Gasteiger partial charge in [-0.05, 0) is 77.8 Å². The van der Waals surface area contributed by atoms with E-state index in [0.717, 1.165) is 19.9 Å². The molecule has 0 saturated carbocycles. The Labute approximate surface area is 380 Å². The van der Waals surface area contributed by atoms with Gasteiger partial charge in [0, 0.05) is 0 Å². The molecule has 3 aromatic heterocycles.